The molecule has 1 aromatic heterocycles. The molecule has 0 spiro atoms. The van der Waals surface area contributed by atoms with Crippen molar-refractivity contribution in [1.82, 2.24) is 9.97 Å². The molecule has 2 heterocycles. The van der Waals surface area contributed by atoms with E-state index in [1.54, 1.807) is 26.4 Å². The quantitative estimate of drug-likeness (QED) is 0.872. The van der Waals surface area contributed by atoms with Crippen molar-refractivity contribution in [1.29, 1.82) is 0 Å². The second-order valence-electron chi connectivity index (χ2n) is 6.77. The van der Waals surface area contributed by atoms with Crippen LogP contribution in [0, 0.1) is 19.8 Å². The number of aromatic nitrogens is 2. The maximum absolute atomic E-state index is 12.6. The lowest BCUT2D eigenvalue weighted by molar-refractivity contribution is -0.120. The van der Waals surface area contributed by atoms with E-state index in [1.165, 1.54) is 0 Å². The molecule has 1 N–H and O–H groups in total. The van der Waals surface area contributed by atoms with Crippen LogP contribution in [0.15, 0.2) is 24.3 Å². The molecule has 3 rings (SSSR count). The standard InChI is InChI=1S/C20H26N4O3/c1-13-11-14(2)22-20(21-13)24-9-7-15(8-10-24)19(25)23-16-5-6-17(26-3)18(12-16)27-4/h5-6,11-12,15H,7-10H2,1-4H3,(H,23,25). The SMILES string of the molecule is COc1ccc(NC(=O)C2CCN(c3nc(C)cc(C)n3)CC2)cc1OC. The molecule has 0 atom stereocenters. The number of hydrogen-bond acceptors (Lipinski definition) is 6. The summed E-state index contributed by atoms with van der Waals surface area (Å²) in [5.41, 5.74) is 2.63. The van der Waals surface area contributed by atoms with Crippen LogP contribution >= 0.6 is 0 Å². The lowest BCUT2D eigenvalue weighted by Crippen LogP contribution is -2.39. The first-order valence-corrected chi connectivity index (χ1v) is 9.10. The fourth-order valence-electron chi connectivity index (χ4n) is 3.35. The first kappa shape index (κ1) is 18.9. The summed E-state index contributed by atoms with van der Waals surface area (Å²) in [6, 6.07) is 7.34. The summed E-state index contributed by atoms with van der Waals surface area (Å²) in [6.07, 6.45) is 1.55. The van der Waals surface area contributed by atoms with Crippen LogP contribution in [0.3, 0.4) is 0 Å². The zero-order valence-electron chi connectivity index (χ0n) is 16.3. The normalized spacial score (nSPS) is 14.7. The highest BCUT2D eigenvalue weighted by Gasteiger charge is 2.26. The number of carbonyl (C=O) groups excluding carboxylic acids is 1. The summed E-state index contributed by atoms with van der Waals surface area (Å²) >= 11 is 0. The van der Waals surface area contributed by atoms with Crippen LogP contribution < -0.4 is 19.7 Å². The number of anilines is 2. The van der Waals surface area contributed by atoms with Gasteiger partial charge in [0.15, 0.2) is 11.5 Å². The third kappa shape index (κ3) is 4.48. The Hall–Kier alpha value is -2.83. The van der Waals surface area contributed by atoms with Gasteiger partial charge in [0.05, 0.1) is 14.2 Å². The van der Waals surface area contributed by atoms with Gasteiger partial charge in [-0.2, -0.15) is 0 Å². The van der Waals surface area contributed by atoms with Gasteiger partial charge in [-0.1, -0.05) is 0 Å². The lowest BCUT2D eigenvalue weighted by atomic mass is 9.96. The van der Waals surface area contributed by atoms with Crippen LogP contribution in [-0.4, -0.2) is 43.2 Å². The number of ether oxygens (including phenoxy) is 2. The number of methoxy groups -OCH3 is 2. The largest absolute Gasteiger partial charge is 0.493 e. The van der Waals surface area contributed by atoms with Crippen molar-refractivity contribution >= 4 is 17.5 Å². The number of nitrogens with zero attached hydrogens (tertiary/aromatic N) is 3. The third-order valence-corrected chi connectivity index (χ3v) is 4.77. The summed E-state index contributed by atoms with van der Waals surface area (Å²) < 4.78 is 10.5. The molecule has 144 valence electrons. The second-order valence-corrected chi connectivity index (χ2v) is 6.77. The molecule has 0 bridgehead atoms. The van der Waals surface area contributed by atoms with E-state index in [0.29, 0.717) is 17.2 Å². The average molecular weight is 370 g/mol. The molecular weight excluding hydrogens is 344 g/mol. The number of hydrogen-bond donors (Lipinski definition) is 1. The van der Waals surface area contributed by atoms with Crippen molar-refractivity contribution in [2.75, 3.05) is 37.5 Å². The van der Waals surface area contributed by atoms with Crippen LogP contribution in [0.1, 0.15) is 24.2 Å². The Bertz CT molecular complexity index is 797. The highest BCUT2D eigenvalue weighted by atomic mass is 16.5. The highest BCUT2D eigenvalue weighted by Crippen LogP contribution is 2.30. The molecule has 0 aliphatic carbocycles. The van der Waals surface area contributed by atoms with E-state index in [2.05, 4.69) is 20.2 Å². The highest BCUT2D eigenvalue weighted by molar-refractivity contribution is 5.93. The van der Waals surface area contributed by atoms with Crippen LogP contribution in [0.25, 0.3) is 0 Å². The molecule has 1 aliphatic rings. The Kier molecular flexibility index (Phi) is 5.78. The molecule has 0 saturated carbocycles. The van der Waals surface area contributed by atoms with Gasteiger partial charge < -0.3 is 19.7 Å². The van der Waals surface area contributed by atoms with Gasteiger partial charge in [0.1, 0.15) is 0 Å². The van der Waals surface area contributed by atoms with E-state index >= 15 is 0 Å². The summed E-state index contributed by atoms with van der Waals surface area (Å²) in [5.74, 6) is 1.99. The van der Waals surface area contributed by atoms with Gasteiger partial charge in [0.2, 0.25) is 11.9 Å². The molecule has 0 radical (unpaired) electrons. The molecule has 1 amide bonds. The fraction of sp³-hybridized carbons (Fsp3) is 0.450. The van der Waals surface area contributed by atoms with Crippen LogP contribution in [0.2, 0.25) is 0 Å². The van der Waals surface area contributed by atoms with Gasteiger partial charge in [-0.25, -0.2) is 9.97 Å². The molecule has 2 aromatic rings. The Morgan fingerprint density at radius 3 is 2.26 bits per heavy atom. The molecule has 7 heteroatoms. The first-order valence-electron chi connectivity index (χ1n) is 9.10. The Morgan fingerprint density at radius 2 is 1.67 bits per heavy atom. The molecular formula is C20H26N4O3. The van der Waals surface area contributed by atoms with Gasteiger partial charge in [-0.3, -0.25) is 4.79 Å². The van der Waals surface area contributed by atoms with Crippen molar-refractivity contribution in [3.8, 4) is 11.5 Å². The van der Waals surface area contributed by atoms with Gasteiger partial charge in [0.25, 0.3) is 0 Å². The van der Waals surface area contributed by atoms with Gasteiger partial charge >= 0.3 is 0 Å². The fourth-order valence-corrected chi connectivity index (χ4v) is 3.35. The summed E-state index contributed by atoms with van der Waals surface area (Å²) in [4.78, 5) is 23.8. The second kappa shape index (κ2) is 8.24. The number of nitrogens with one attached hydrogen (secondary N) is 1. The minimum absolute atomic E-state index is 0.0275. The van der Waals surface area contributed by atoms with E-state index in [9.17, 15) is 4.79 Å². The average Bonchev–Trinajstić information content (AvgIpc) is 2.67. The van der Waals surface area contributed by atoms with E-state index in [-0.39, 0.29) is 11.8 Å². The molecule has 7 nitrogen and oxygen atoms in total. The summed E-state index contributed by atoms with van der Waals surface area (Å²) in [7, 11) is 3.16. The Balaban J connectivity index is 1.60. The van der Waals surface area contributed by atoms with E-state index in [1.807, 2.05) is 26.0 Å². The predicted octanol–water partition coefficient (Wildman–Crippen LogP) is 2.97. The Morgan fingerprint density at radius 1 is 1.04 bits per heavy atom. The van der Waals surface area contributed by atoms with E-state index in [0.717, 1.165) is 43.3 Å². The van der Waals surface area contributed by atoms with Gasteiger partial charge in [-0.15, -0.1) is 0 Å². The number of amides is 1. The van der Waals surface area contributed by atoms with Crippen LogP contribution in [-0.2, 0) is 4.79 Å². The minimum atomic E-state index is -0.0275. The first-order chi connectivity index (χ1) is 13.0. The monoisotopic (exact) mass is 370 g/mol. The zero-order chi connectivity index (χ0) is 19.4. The van der Waals surface area contributed by atoms with Crippen molar-refractivity contribution in [2.45, 2.75) is 26.7 Å². The maximum atomic E-state index is 12.6. The third-order valence-electron chi connectivity index (χ3n) is 4.77. The molecule has 1 saturated heterocycles. The molecule has 0 unspecified atom stereocenters. The van der Waals surface area contributed by atoms with Gasteiger partial charge in [-0.05, 0) is 44.9 Å². The van der Waals surface area contributed by atoms with Crippen molar-refractivity contribution in [3.05, 3.63) is 35.7 Å². The summed E-state index contributed by atoms with van der Waals surface area (Å²) in [5, 5.41) is 2.99. The van der Waals surface area contributed by atoms with Crippen molar-refractivity contribution in [3.63, 3.8) is 0 Å². The zero-order valence-corrected chi connectivity index (χ0v) is 16.3. The van der Waals surface area contributed by atoms with Crippen molar-refractivity contribution < 1.29 is 14.3 Å². The van der Waals surface area contributed by atoms with Gasteiger partial charge in [0, 0.05) is 42.1 Å². The smallest absolute Gasteiger partial charge is 0.227 e. The van der Waals surface area contributed by atoms with Crippen molar-refractivity contribution in [2.24, 2.45) is 5.92 Å². The lowest BCUT2D eigenvalue weighted by Gasteiger charge is -2.31. The number of benzene rings is 1. The predicted molar refractivity (Wildman–Crippen MR) is 105 cm³/mol. The van der Waals surface area contributed by atoms with Crippen LogP contribution in [0.4, 0.5) is 11.6 Å². The number of aryl methyl sites for hydroxylation is 2. The maximum Gasteiger partial charge on any atom is 0.227 e. The summed E-state index contributed by atoms with van der Waals surface area (Å²) in [6.45, 7) is 5.49. The molecule has 1 fully saturated rings. The topological polar surface area (TPSA) is 76.6 Å². The molecule has 1 aliphatic heterocycles. The van der Waals surface area contributed by atoms with Crippen LogP contribution in [0.5, 0.6) is 11.5 Å². The number of rotatable bonds is 5. The van der Waals surface area contributed by atoms with E-state index in [4.69, 9.17) is 9.47 Å². The number of piperidine rings is 1. The van der Waals surface area contributed by atoms with E-state index < -0.39 is 0 Å². The minimum Gasteiger partial charge on any atom is -0.493 e. The number of carbonyl (C=O) groups is 1. The Labute approximate surface area is 159 Å². The molecule has 1 aromatic carbocycles. The molecule has 27 heavy (non-hydrogen) atoms.